The van der Waals surface area contributed by atoms with E-state index in [2.05, 4.69) is 25.1 Å². The largest absolute Gasteiger partial charge is 0.479 e. The molecular formula is C9H12N6O2S. The third-order valence-electron chi connectivity index (χ3n) is 3.03. The molecule has 0 saturated carbocycles. The second kappa shape index (κ2) is 4.77. The van der Waals surface area contributed by atoms with Crippen molar-refractivity contribution in [3.05, 3.63) is 5.38 Å². The summed E-state index contributed by atoms with van der Waals surface area (Å²) in [7, 11) is 0. The summed E-state index contributed by atoms with van der Waals surface area (Å²) in [6, 6.07) is 0. The molecule has 0 saturated heterocycles. The van der Waals surface area contributed by atoms with Crippen LogP contribution in [0.25, 0.3) is 11.5 Å². The third kappa shape index (κ3) is 1.76. The number of nitrogens with zero attached hydrogens (tertiary/aromatic N) is 6. The Kier molecular flexibility index (Phi) is 3.32. The molecule has 96 valence electrons. The van der Waals surface area contributed by atoms with Gasteiger partial charge in [-0.05, 0) is 34.8 Å². The van der Waals surface area contributed by atoms with E-state index in [1.807, 2.05) is 0 Å². The molecule has 0 atom stereocenters. The quantitative estimate of drug-likeness (QED) is 0.854. The van der Waals surface area contributed by atoms with Gasteiger partial charge < -0.3 is 5.11 Å². The van der Waals surface area contributed by atoms with Crippen LogP contribution in [-0.4, -0.2) is 40.9 Å². The van der Waals surface area contributed by atoms with E-state index < -0.39 is 11.5 Å². The van der Waals surface area contributed by atoms with Crippen LogP contribution >= 0.6 is 11.5 Å². The van der Waals surface area contributed by atoms with E-state index >= 15 is 0 Å². The van der Waals surface area contributed by atoms with Gasteiger partial charge in [-0.2, -0.15) is 0 Å². The van der Waals surface area contributed by atoms with Crippen molar-refractivity contribution >= 4 is 17.5 Å². The molecule has 2 aromatic heterocycles. The van der Waals surface area contributed by atoms with Crippen LogP contribution in [0.5, 0.6) is 0 Å². The number of rotatable bonds is 5. The number of aromatic nitrogens is 6. The van der Waals surface area contributed by atoms with Gasteiger partial charge in [0.25, 0.3) is 0 Å². The van der Waals surface area contributed by atoms with Crippen molar-refractivity contribution < 1.29 is 9.90 Å². The summed E-state index contributed by atoms with van der Waals surface area (Å²) in [5.74, 6) is -0.626. The highest BCUT2D eigenvalue weighted by Gasteiger charge is 2.40. The molecule has 1 N–H and O–H groups in total. The van der Waals surface area contributed by atoms with Gasteiger partial charge in [-0.1, -0.05) is 18.3 Å². The van der Waals surface area contributed by atoms with Gasteiger partial charge in [0.1, 0.15) is 5.69 Å². The van der Waals surface area contributed by atoms with Crippen molar-refractivity contribution in [1.82, 2.24) is 29.8 Å². The molecule has 0 aliphatic heterocycles. The Hall–Kier alpha value is -1.90. The molecule has 18 heavy (non-hydrogen) atoms. The van der Waals surface area contributed by atoms with Crippen LogP contribution < -0.4 is 0 Å². The van der Waals surface area contributed by atoms with Gasteiger partial charge in [-0.15, -0.1) is 10.2 Å². The molecule has 0 aromatic carbocycles. The molecule has 0 unspecified atom stereocenters. The average Bonchev–Trinajstić information content (AvgIpc) is 3.01. The zero-order valence-corrected chi connectivity index (χ0v) is 10.8. The zero-order valence-electron chi connectivity index (χ0n) is 9.94. The van der Waals surface area contributed by atoms with E-state index in [1.165, 1.54) is 4.68 Å². The predicted molar refractivity (Wildman–Crippen MR) is 62.9 cm³/mol. The lowest BCUT2D eigenvalue weighted by Gasteiger charge is -2.26. The molecule has 2 aromatic rings. The van der Waals surface area contributed by atoms with E-state index in [1.54, 1.807) is 19.2 Å². The molecule has 0 amide bonds. The first kappa shape index (κ1) is 12.6. The maximum absolute atomic E-state index is 11.6. The molecule has 9 heteroatoms. The summed E-state index contributed by atoms with van der Waals surface area (Å²) in [6.07, 6.45) is 0.767. The highest BCUT2D eigenvalue weighted by molar-refractivity contribution is 7.03. The fourth-order valence-electron chi connectivity index (χ4n) is 1.84. The highest BCUT2D eigenvalue weighted by atomic mass is 32.1. The maximum Gasteiger partial charge on any atom is 0.331 e. The van der Waals surface area contributed by atoms with Crippen LogP contribution in [-0.2, 0) is 10.3 Å². The Labute approximate surface area is 107 Å². The number of carbonyl (C=O) groups is 1. The van der Waals surface area contributed by atoms with Crippen LogP contribution in [0.3, 0.4) is 0 Å². The van der Waals surface area contributed by atoms with E-state index in [9.17, 15) is 9.90 Å². The lowest BCUT2D eigenvalue weighted by molar-refractivity contribution is -0.148. The Morgan fingerprint density at radius 2 is 2.17 bits per heavy atom. The Morgan fingerprint density at radius 3 is 2.67 bits per heavy atom. The normalized spacial score (nSPS) is 11.7. The Balaban J connectivity index is 2.57. The van der Waals surface area contributed by atoms with Crippen LogP contribution in [0.4, 0.5) is 0 Å². The van der Waals surface area contributed by atoms with E-state index in [0.29, 0.717) is 24.4 Å². The minimum atomic E-state index is -1.15. The summed E-state index contributed by atoms with van der Waals surface area (Å²) in [5.41, 5.74) is -0.667. The second-order valence-electron chi connectivity index (χ2n) is 3.75. The third-order valence-corrected chi connectivity index (χ3v) is 3.54. The maximum atomic E-state index is 11.6. The van der Waals surface area contributed by atoms with E-state index in [4.69, 9.17) is 0 Å². The smallest absolute Gasteiger partial charge is 0.331 e. The van der Waals surface area contributed by atoms with Gasteiger partial charge in [0.2, 0.25) is 5.82 Å². The fraction of sp³-hybridized carbons (Fsp3) is 0.556. The second-order valence-corrected chi connectivity index (χ2v) is 4.36. The van der Waals surface area contributed by atoms with Gasteiger partial charge in [0.15, 0.2) is 5.54 Å². The first-order valence-corrected chi connectivity index (χ1v) is 6.29. The van der Waals surface area contributed by atoms with Gasteiger partial charge >= 0.3 is 5.97 Å². The standard InChI is InChI=1S/C9H12N6O2S/c1-3-9(4-2,8(16)17)15-7(11-12-13-15)6-5-18-14-10-6/h5H,3-4H2,1-2H3,(H,16,17). The monoisotopic (exact) mass is 268 g/mol. The number of carboxylic acids is 1. The zero-order chi connectivity index (χ0) is 13.2. The lowest BCUT2D eigenvalue weighted by atomic mass is 9.93. The van der Waals surface area contributed by atoms with Crippen LogP contribution in [0, 0.1) is 0 Å². The van der Waals surface area contributed by atoms with Crippen molar-refractivity contribution in [3.8, 4) is 11.5 Å². The summed E-state index contributed by atoms with van der Waals surface area (Å²) < 4.78 is 5.06. The molecule has 2 rings (SSSR count). The molecule has 0 fully saturated rings. The minimum Gasteiger partial charge on any atom is -0.479 e. The summed E-state index contributed by atoms with van der Waals surface area (Å²) in [6.45, 7) is 3.59. The number of hydrogen-bond donors (Lipinski definition) is 1. The first-order chi connectivity index (χ1) is 8.65. The van der Waals surface area contributed by atoms with Gasteiger partial charge in [0.05, 0.1) is 0 Å². The number of aliphatic carboxylic acids is 1. The molecule has 0 radical (unpaired) electrons. The van der Waals surface area contributed by atoms with E-state index in [-0.39, 0.29) is 0 Å². The first-order valence-electron chi connectivity index (χ1n) is 5.45. The molecular weight excluding hydrogens is 256 g/mol. The van der Waals surface area contributed by atoms with Crippen molar-refractivity contribution in [3.63, 3.8) is 0 Å². The lowest BCUT2D eigenvalue weighted by Crippen LogP contribution is -2.42. The summed E-state index contributed by atoms with van der Waals surface area (Å²) in [4.78, 5) is 11.6. The van der Waals surface area contributed by atoms with Crippen molar-refractivity contribution in [2.75, 3.05) is 0 Å². The van der Waals surface area contributed by atoms with Gasteiger partial charge in [-0.25, -0.2) is 9.48 Å². The van der Waals surface area contributed by atoms with Gasteiger partial charge in [0, 0.05) is 5.38 Å². The van der Waals surface area contributed by atoms with Crippen LogP contribution in [0.2, 0.25) is 0 Å². The van der Waals surface area contributed by atoms with Gasteiger partial charge in [-0.3, -0.25) is 0 Å². The fourth-order valence-corrected chi connectivity index (χ4v) is 2.27. The van der Waals surface area contributed by atoms with Crippen LogP contribution in [0.1, 0.15) is 26.7 Å². The average molecular weight is 268 g/mol. The highest BCUT2D eigenvalue weighted by Crippen LogP contribution is 2.28. The number of carboxylic acid groups (broad SMARTS) is 1. The molecule has 0 aliphatic carbocycles. The SMILES string of the molecule is CCC(CC)(C(=O)O)n1nnnc1-c1csnn1. The predicted octanol–water partition coefficient (Wildman–Crippen LogP) is 0.791. The Bertz CT molecular complexity index is 533. The summed E-state index contributed by atoms with van der Waals surface area (Å²) in [5, 5.41) is 26.2. The summed E-state index contributed by atoms with van der Waals surface area (Å²) >= 11 is 1.16. The topological polar surface area (TPSA) is 107 Å². The van der Waals surface area contributed by atoms with Crippen molar-refractivity contribution in [2.24, 2.45) is 0 Å². The van der Waals surface area contributed by atoms with Crippen molar-refractivity contribution in [2.45, 2.75) is 32.2 Å². The molecule has 8 nitrogen and oxygen atoms in total. The minimum absolute atomic E-state index is 0.329. The number of tetrazole rings is 1. The molecule has 0 bridgehead atoms. The molecule has 2 heterocycles. The number of hydrogen-bond acceptors (Lipinski definition) is 7. The Morgan fingerprint density at radius 1 is 1.44 bits per heavy atom. The van der Waals surface area contributed by atoms with Crippen LogP contribution in [0.15, 0.2) is 5.38 Å². The molecule has 0 aliphatic rings. The van der Waals surface area contributed by atoms with Crippen molar-refractivity contribution in [1.29, 1.82) is 0 Å². The van der Waals surface area contributed by atoms with E-state index in [0.717, 1.165) is 11.5 Å². The molecule has 0 spiro atoms.